The summed E-state index contributed by atoms with van der Waals surface area (Å²) in [5.41, 5.74) is 0. The van der Waals surface area contributed by atoms with E-state index in [2.05, 4.69) is 79.0 Å². The van der Waals surface area contributed by atoms with Crippen LogP contribution in [0.1, 0.15) is 177 Å². The SMILES string of the molecule is C=COC(=O)C(C)CC.C=COC(=O)C(C)CCC.C=COC(=O)CCCC.CCCCC(C)CC(=O)C1CC2C=CC1C2.CCCCCCC(=O)C1CC2C=CC1C2. The first kappa shape index (κ1) is 55.5. The minimum absolute atomic E-state index is 0.00278. The van der Waals surface area contributed by atoms with Gasteiger partial charge in [0.15, 0.2) is 0 Å². The minimum Gasteiger partial charge on any atom is -0.435 e. The van der Waals surface area contributed by atoms with Crippen molar-refractivity contribution < 1.29 is 38.2 Å². The van der Waals surface area contributed by atoms with E-state index in [-0.39, 0.29) is 29.7 Å². The molecule has 9 atom stereocenters. The van der Waals surface area contributed by atoms with Crippen molar-refractivity contribution in [2.45, 2.75) is 177 Å². The zero-order valence-corrected chi connectivity index (χ0v) is 38.6. The molecule has 2 fully saturated rings. The highest BCUT2D eigenvalue weighted by Crippen LogP contribution is 2.45. The Hall–Kier alpha value is -3.55. The van der Waals surface area contributed by atoms with E-state index in [1.165, 1.54) is 57.6 Å². The maximum Gasteiger partial charge on any atom is 0.313 e. The molecule has 59 heavy (non-hydrogen) atoms. The number of Topliss-reactive ketones (excluding diaryl/α,β-unsaturated/α-hetero) is 2. The second-order valence-corrected chi connectivity index (χ2v) is 16.9. The lowest BCUT2D eigenvalue weighted by Crippen LogP contribution is -2.20. The second-order valence-electron chi connectivity index (χ2n) is 16.9. The van der Waals surface area contributed by atoms with Crippen molar-refractivity contribution in [3.63, 3.8) is 0 Å². The molecular weight excluding hydrogens is 741 g/mol. The third kappa shape index (κ3) is 24.3. The van der Waals surface area contributed by atoms with Crippen LogP contribution in [0.15, 0.2) is 62.8 Å². The van der Waals surface area contributed by atoms with Gasteiger partial charge in [0.1, 0.15) is 11.6 Å². The Morgan fingerprint density at radius 3 is 1.49 bits per heavy atom. The van der Waals surface area contributed by atoms with Gasteiger partial charge in [-0.15, -0.1) is 0 Å². The molecule has 4 rings (SSSR count). The normalized spacial score (nSPS) is 22.5. The number of unbranched alkanes of at least 4 members (excludes halogenated alkanes) is 5. The summed E-state index contributed by atoms with van der Waals surface area (Å²) in [6.07, 6.45) is 32.9. The molecule has 4 aliphatic rings. The monoisotopic (exact) mass is 825 g/mol. The fourth-order valence-electron chi connectivity index (χ4n) is 7.95. The lowest BCUT2D eigenvalue weighted by Gasteiger charge is -2.19. The van der Waals surface area contributed by atoms with Crippen molar-refractivity contribution in [2.24, 2.45) is 53.3 Å². The Kier molecular flexibility index (Phi) is 32.1. The van der Waals surface area contributed by atoms with Crippen LogP contribution >= 0.6 is 0 Å². The third-order valence-electron chi connectivity index (χ3n) is 11.7. The number of carbonyl (C=O) groups excluding carboxylic acids is 5. The third-order valence-corrected chi connectivity index (χ3v) is 11.7. The number of ketones is 2. The number of hydrogen-bond donors (Lipinski definition) is 0. The lowest BCUT2D eigenvalue weighted by atomic mass is 9.85. The molecule has 0 heterocycles. The summed E-state index contributed by atoms with van der Waals surface area (Å²) in [5, 5.41) is 0. The average Bonchev–Trinajstić information content (AvgIpc) is 4.06. The first-order valence-corrected chi connectivity index (χ1v) is 23.1. The molecule has 0 spiro atoms. The van der Waals surface area contributed by atoms with Crippen LogP contribution in [-0.2, 0) is 38.2 Å². The molecule has 336 valence electrons. The van der Waals surface area contributed by atoms with E-state index in [0.29, 0.717) is 47.6 Å². The topological polar surface area (TPSA) is 113 Å². The fraction of sp³-hybridized carbons (Fsp3) is 0.706. The zero-order chi connectivity index (χ0) is 44.6. The van der Waals surface area contributed by atoms with Gasteiger partial charge in [0.2, 0.25) is 0 Å². The van der Waals surface area contributed by atoms with Gasteiger partial charge in [-0.3, -0.25) is 24.0 Å². The van der Waals surface area contributed by atoms with Crippen molar-refractivity contribution in [3.8, 4) is 0 Å². The fourth-order valence-corrected chi connectivity index (χ4v) is 7.95. The minimum atomic E-state index is -0.201. The van der Waals surface area contributed by atoms with E-state index in [4.69, 9.17) is 0 Å². The van der Waals surface area contributed by atoms with Crippen molar-refractivity contribution in [1.82, 2.24) is 0 Å². The van der Waals surface area contributed by atoms with Crippen molar-refractivity contribution >= 4 is 29.5 Å². The van der Waals surface area contributed by atoms with Crippen molar-refractivity contribution in [1.29, 1.82) is 0 Å². The Bertz CT molecular complexity index is 1300. The number of esters is 3. The second kappa shape index (κ2) is 34.2. The number of rotatable bonds is 23. The first-order chi connectivity index (χ1) is 28.3. The van der Waals surface area contributed by atoms with Crippen LogP contribution in [0.3, 0.4) is 0 Å². The van der Waals surface area contributed by atoms with Gasteiger partial charge in [0, 0.05) is 31.1 Å². The molecule has 0 N–H and O–H groups in total. The number of hydrogen-bond acceptors (Lipinski definition) is 8. The Labute approximate surface area is 360 Å². The van der Waals surface area contributed by atoms with E-state index in [9.17, 15) is 24.0 Å². The molecule has 0 aromatic heterocycles. The van der Waals surface area contributed by atoms with E-state index in [1.807, 2.05) is 34.6 Å². The van der Waals surface area contributed by atoms with Gasteiger partial charge in [-0.05, 0) is 81.0 Å². The quantitative estimate of drug-likeness (QED) is 0.0329. The van der Waals surface area contributed by atoms with E-state index < -0.39 is 0 Å². The van der Waals surface area contributed by atoms with Crippen LogP contribution in [0.5, 0.6) is 0 Å². The molecular formula is C51H84O8. The number of carbonyl (C=O) groups is 5. The molecule has 0 aromatic rings. The molecule has 4 aliphatic carbocycles. The van der Waals surface area contributed by atoms with Gasteiger partial charge in [0.25, 0.3) is 0 Å². The molecule has 0 saturated heterocycles. The summed E-state index contributed by atoms with van der Waals surface area (Å²) in [6.45, 7) is 26.2. The van der Waals surface area contributed by atoms with Gasteiger partial charge in [-0.25, -0.2) is 0 Å². The van der Waals surface area contributed by atoms with Crippen LogP contribution in [0.4, 0.5) is 0 Å². The van der Waals surface area contributed by atoms with E-state index in [0.717, 1.165) is 88.6 Å². The molecule has 9 unspecified atom stereocenters. The molecule has 2 saturated carbocycles. The summed E-state index contributed by atoms with van der Waals surface area (Å²) in [4.78, 5) is 56.2. The van der Waals surface area contributed by atoms with Gasteiger partial charge in [-0.2, -0.15) is 0 Å². The predicted octanol–water partition coefficient (Wildman–Crippen LogP) is 13.4. The van der Waals surface area contributed by atoms with Crippen LogP contribution in [0.25, 0.3) is 0 Å². The van der Waals surface area contributed by atoms with Crippen LogP contribution < -0.4 is 0 Å². The summed E-state index contributed by atoms with van der Waals surface area (Å²) in [7, 11) is 0. The van der Waals surface area contributed by atoms with Crippen LogP contribution in [0.2, 0.25) is 0 Å². The highest BCUT2D eigenvalue weighted by molar-refractivity contribution is 5.83. The Balaban J connectivity index is 0.000000732. The van der Waals surface area contributed by atoms with Gasteiger partial charge in [0.05, 0.1) is 30.6 Å². The lowest BCUT2D eigenvalue weighted by molar-refractivity contribution is -0.143. The number of allylic oxidation sites excluding steroid dienone is 4. The van der Waals surface area contributed by atoms with Crippen molar-refractivity contribution in [2.75, 3.05) is 0 Å². The Morgan fingerprint density at radius 2 is 1.07 bits per heavy atom. The Morgan fingerprint density at radius 1 is 0.559 bits per heavy atom. The smallest absolute Gasteiger partial charge is 0.313 e. The summed E-state index contributed by atoms with van der Waals surface area (Å²) in [5.74, 6) is 4.52. The van der Waals surface area contributed by atoms with Gasteiger partial charge >= 0.3 is 17.9 Å². The van der Waals surface area contributed by atoms with Crippen LogP contribution in [-0.4, -0.2) is 29.5 Å². The maximum absolute atomic E-state index is 12.2. The van der Waals surface area contributed by atoms with Gasteiger partial charge < -0.3 is 14.2 Å². The maximum atomic E-state index is 12.2. The highest BCUT2D eigenvalue weighted by Gasteiger charge is 2.40. The van der Waals surface area contributed by atoms with E-state index in [1.54, 1.807) is 0 Å². The van der Waals surface area contributed by atoms with Crippen LogP contribution in [0, 0.1) is 53.3 Å². The molecule has 4 bridgehead atoms. The molecule has 0 radical (unpaired) electrons. The molecule has 8 heteroatoms. The standard InChI is InChI=1S/C15H24O.C14H22O.C8H14O2.2C7H12O2/c1-3-4-5-11(2)8-15(16)14-10-12-6-7-13(14)9-12;1-2-3-4-5-6-14(15)13-10-11-7-8-12(13)9-11;1-4-6-7(3)8(9)10-5-2;1-4-6(3)7(8)9-5-2;1-3-5-6-7(8)9-4-2/h6-7,11-14H,3-5,8-10H2,1-2H3;7-8,11-13H,2-6,9-10H2,1H3;5,7H,2,4,6H2,1,3H3;5-6H,2,4H2,1,3H3;4H,2-3,5-6H2,1H3. The first-order valence-electron chi connectivity index (χ1n) is 23.1. The zero-order valence-electron chi connectivity index (χ0n) is 38.6. The van der Waals surface area contributed by atoms with Crippen molar-refractivity contribution in [3.05, 3.63) is 62.8 Å². The summed E-state index contributed by atoms with van der Waals surface area (Å²) >= 11 is 0. The molecule has 0 aromatic carbocycles. The summed E-state index contributed by atoms with van der Waals surface area (Å²) in [6, 6.07) is 0. The number of ether oxygens (including phenoxy) is 3. The van der Waals surface area contributed by atoms with E-state index >= 15 is 0 Å². The predicted molar refractivity (Wildman–Crippen MR) is 242 cm³/mol. The molecule has 0 amide bonds. The molecule has 0 aliphatic heterocycles. The molecule has 8 nitrogen and oxygen atoms in total. The highest BCUT2D eigenvalue weighted by atomic mass is 16.5. The summed E-state index contributed by atoms with van der Waals surface area (Å²) < 4.78 is 13.6. The average molecular weight is 825 g/mol. The number of fused-ring (bicyclic) bond motifs is 4. The largest absolute Gasteiger partial charge is 0.435 e. The van der Waals surface area contributed by atoms with Gasteiger partial charge in [-0.1, -0.05) is 151 Å².